The van der Waals surface area contributed by atoms with Crippen LogP contribution in [-0.2, 0) is 0 Å². The topological polar surface area (TPSA) is 0 Å². The highest BCUT2D eigenvalue weighted by Crippen LogP contribution is 2.34. The molecule has 0 fully saturated rings. The van der Waals surface area contributed by atoms with Crippen LogP contribution in [0.3, 0.4) is 0 Å². The van der Waals surface area contributed by atoms with E-state index in [4.69, 9.17) is 0 Å². The highest BCUT2D eigenvalue weighted by atomic mass is 127. The molecule has 0 aliphatic carbocycles. The predicted molar refractivity (Wildman–Crippen MR) is 49.6 cm³/mol. The Hall–Kier alpha value is 1.03. The first kappa shape index (κ1) is 8.03. The number of alkyl halides is 1. The molecular formula is C5H12IP. The lowest BCUT2D eigenvalue weighted by molar-refractivity contribution is 1.57. The summed E-state index contributed by atoms with van der Waals surface area (Å²) in [5, 5.41) is 0. The Labute approximate surface area is 59.8 Å². The van der Waals surface area contributed by atoms with E-state index in [0.717, 1.165) is 0 Å². The standard InChI is InChI=1S/C5H12IP/c1-7(2,3)5-4-6/h1,4-5H2,2-3H3. The number of halogens is 1. The van der Waals surface area contributed by atoms with Crippen molar-refractivity contribution < 1.29 is 0 Å². The van der Waals surface area contributed by atoms with Crippen LogP contribution >= 0.6 is 29.5 Å². The van der Waals surface area contributed by atoms with Gasteiger partial charge in [-0.2, -0.15) is 0 Å². The van der Waals surface area contributed by atoms with E-state index in [1.807, 2.05) is 0 Å². The second kappa shape index (κ2) is 3.13. The molecular weight excluding hydrogens is 218 g/mol. The highest BCUT2D eigenvalue weighted by Gasteiger charge is 1.94. The number of hydrogen-bond acceptors (Lipinski definition) is 0. The van der Waals surface area contributed by atoms with Crippen molar-refractivity contribution in [3.8, 4) is 0 Å². The third-order valence-corrected chi connectivity index (χ3v) is 3.52. The van der Waals surface area contributed by atoms with Crippen LogP contribution in [0.25, 0.3) is 0 Å². The molecule has 0 radical (unpaired) electrons. The van der Waals surface area contributed by atoms with Gasteiger partial charge in [-0.3, -0.25) is 0 Å². The van der Waals surface area contributed by atoms with Gasteiger partial charge in [0, 0.05) is 4.43 Å². The molecule has 0 amide bonds. The minimum absolute atomic E-state index is 0.673. The minimum atomic E-state index is -0.673. The molecule has 0 unspecified atom stereocenters. The van der Waals surface area contributed by atoms with Gasteiger partial charge in [-0.25, -0.2) is 0 Å². The molecule has 0 aliphatic heterocycles. The molecule has 0 rings (SSSR count). The first-order valence-corrected chi connectivity index (χ1v) is 6.87. The smallest absolute Gasteiger partial charge is 0.00340 e. The van der Waals surface area contributed by atoms with Gasteiger partial charge >= 0.3 is 0 Å². The third-order valence-electron chi connectivity index (χ3n) is 0.690. The molecule has 0 aromatic carbocycles. The summed E-state index contributed by atoms with van der Waals surface area (Å²) >= 11 is 2.40. The number of hydrogen-bond donors (Lipinski definition) is 0. The maximum absolute atomic E-state index is 4.07. The number of rotatable bonds is 2. The summed E-state index contributed by atoms with van der Waals surface area (Å²) < 4.78 is 1.27. The van der Waals surface area contributed by atoms with Crippen molar-refractivity contribution in [2.75, 3.05) is 23.9 Å². The molecule has 0 heterocycles. The molecule has 0 spiro atoms. The molecule has 44 valence electrons. The quantitative estimate of drug-likeness (QED) is 0.387. The lowest BCUT2D eigenvalue weighted by Gasteiger charge is -2.07. The van der Waals surface area contributed by atoms with Crippen molar-refractivity contribution in [2.45, 2.75) is 0 Å². The summed E-state index contributed by atoms with van der Waals surface area (Å²) in [5.74, 6) is 0. The zero-order valence-electron chi connectivity index (χ0n) is 4.95. The Balaban J connectivity index is 3.36. The fourth-order valence-electron chi connectivity index (χ4n) is 0.229. The Morgan fingerprint density at radius 1 is 1.57 bits per heavy atom. The first-order valence-electron chi connectivity index (χ1n) is 2.29. The normalized spacial score (nSPS) is 11.9. The molecule has 7 heavy (non-hydrogen) atoms. The predicted octanol–water partition coefficient (Wildman–Crippen LogP) is 2.13. The molecule has 0 saturated carbocycles. The van der Waals surface area contributed by atoms with Crippen molar-refractivity contribution in [3.05, 3.63) is 0 Å². The molecule has 0 aromatic heterocycles. The van der Waals surface area contributed by atoms with E-state index >= 15 is 0 Å². The summed E-state index contributed by atoms with van der Waals surface area (Å²) in [7, 11) is 0. The maximum Gasteiger partial charge on any atom is 0.00340 e. The van der Waals surface area contributed by atoms with Crippen LogP contribution in [0, 0.1) is 0 Å². The second-order valence-electron chi connectivity index (χ2n) is 2.35. The minimum Gasteiger partial charge on any atom is -0.117 e. The zero-order chi connectivity index (χ0) is 5.91. The molecule has 2 heteroatoms. The Morgan fingerprint density at radius 2 is 2.00 bits per heavy atom. The lowest BCUT2D eigenvalue weighted by atomic mass is 11.0. The van der Waals surface area contributed by atoms with Gasteiger partial charge in [0.2, 0.25) is 0 Å². The van der Waals surface area contributed by atoms with Crippen LogP contribution in [0.4, 0.5) is 0 Å². The molecule has 0 saturated heterocycles. The fraction of sp³-hybridized carbons (Fsp3) is 0.800. The maximum atomic E-state index is 4.07. The second-order valence-corrected chi connectivity index (χ2v) is 7.75. The highest BCUT2D eigenvalue weighted by molar-refractivity contribution is 14.1. The van der Waals surface area contributed by atoms with Gasteiger partial charge in [-0.1, -0.05) is 22.6 Å². The molecule has 0 atom stereocenters. The summed E-state index contributed by atoms with van der Waals surface area (Å²) in [6.07, 6.45) is 5.39. The lowest BCUT2D eigenvalue weighted by Crippen LogP contribution is -1.84. The average molecular weight is 230 g/mol. The fourth-order valence-corrected chi connectivity index (χ4v) is 4.60. The van der Waals surface area contributed by atoms with E-state index in [1.165, 1.54) is 10.6 Å². The van der Waals surface area contributed by atoms with Gasteiger partial charge in [0.1, 0.15) is 0 Å². The molecule has 0 bridgehead atoms. The van der Waals surface area contributed by atoms with Crippen LogP contribution in [0.15, 0.2) is 0 Å². The van der Waals surface area contributed by atoms with Crippen LogP contribution in [0.2, 0.25) is 0 Å². The van der Waals surface area contributed by atoms with Gasteiger partial charge in [0.15, 0.2) is 0 Å². The van der Waals surface area contributed by atoms with Gasteiger partial charge in [0.05, 0.1) is 0 Å². The Morgan fingerprint density at radius 3 is 2.00 bits per heavy atom. The van der Waals surface area contributed by atoms with E-state index in [-0.39, 0.29) is 0 Å². The van der Waals surface area contributed by atoms with E-state index in [0.29, 0.717) is 0 Å². The van der Waals surface area contributed by atoms with E-state index in [9.17, 15) is 0 Å². The zero-order valence-corrected chi connectivity index (χ0v) is 8.00. The van der Waals surface area contributed by atoms with Crippen LogP contribution < -0.4 is 0 Å². The van der Waals surface area contributed by atoms with Crippen molar-refractivity contribution in [1.82, 2.24) is 0 Å². The van der Waals surface area contributed by atoms with Crippen molar-refractivity contribution in [2.24, 2.45) is 0 Å². The Kier molecular flexibility index (Phi) is 3.60. The van der Waals surface area contributed by atoms with Crippen LogP contribution in [-0.4, -0.2) is 30.2 Å². The largest absolute Gasteiger partial charge is 0.117 e. The van der Waals surface area contributed by atoms with Crippen LogP contribution in [0.5, 0.6) is 0 Å². The van der Waals surface area contributed by atoms with Gasteiger partial charge in [-0.05, 0) is 19.5 Å². The summed E-state index contributed by atoms with van der Waals surface area (Å²) in [6, 6.07) is 0. The van der Waals surface area contributed by atoms with Gasteiger partial charge in [0.25, 0.3) is 0 Å². The monoisotopic (exact) mass is 230 g/mol. The van der Waals surface area contributed by atoms with E-state index in [1.54, 1.807) is 0 Å². The van der Waals surface area contributed by atoms with E-state index in [2.05, 4.69) is 42.2 Å². The van der Waals surface area contributed by atoms with Crippen molar-refractivity contribution in [3.63, 3.8) is 0 Å². The SMILES string of the molecule is C=P(C)(C)CCI. The average Bonchev–Trinajstić information content (AvgIpc) is 1.30. The molecule has 0 N–H and O–H groups in total. The Bertz CT molecular complexity index is 82.1. The van der Waals surface area contributed by atoms with Gasteiger partial charge < -0.3 is 0 Å². The summed E-state index contributed by atoms with van der Waals surface area (Å²) in [5.41, 5.74) is 0. The first-order chi connectivity index (χ1) is 3.06. The van der Waals surface area contributed by atoms with Gasteiger partial charge in [-0.15, -0.1) is 13.2 Å². The molecule has 0 aliphatic rings. The molecule has 0 nitrogen and oxygen atoms in total. The third kappa shape index (κ3) is 7.03. The summed E-state index contributed by atoms with van der Waals surface area (Å²) in [4.78, 5) is 0. The molecule has 0 aromatic rings. The van der Waals surface area contributed by atoms with E-state index < -0.39 is 6.89 Å². The van der Waals surface area contributed by atoms with Crippen molar-refractivity contribution in [1.29, 1.82) is 0 Å². The van der Waals surface area contributed by atoms with Crippen molar-refractivity contribution >= 4 is 35.8 Å². The summed E-state index contributed by atoms with van der Waals surface area (Å²) in [6.45, 7) is 3.87. The van der Waals surface area contributed by atoms with Crippen LogP contribution in [0.1, 0.15) is 0 Å².